The summed E-state index contributed by atoms with van der Waals surface area (Å²) >= 11 is 0. The molecule has 0 spiro atoms. The molecule has 1 aromatic heterocycles. The first-order valence-corrected chi connectivity index (χ1v) is 6.17. The first-order chi connectivity index (χ1) is 8.61. The fraction of sp³-hybridized carbons (Fsp3) is 0.615. The van der Waals surface area contributed by atoms with Gasteiger partial charge in [-0.1, -0.05) is 6.07 Å². The Kier molecular flexibility index (Phi) is 4.66. The van der Waals surface area contributed by atoms with Crippen molar-refractivity contribution in [3.8, 4) is 0 Å². The topological polar surface area (TPSA) is 28.2 Å². The van der Waals surface area contributed by atoms with Gasteiger partial charge in [0.2, 0.25) is 0 Å². The van der Waals surface area contributed by atoms with E-state index >= 15 is 0 Å². The molecule has 0 fully saturated rings. The van der Waals surface area contributed by atoms with Gasteiger partial charge in [-0.3, -0.25) is 0 Å². The molecule has 19 heavy (non-hydrogen) atoms. The van der Waals surface area contributed by atoms with Crippen LogP contribution in [-0.4, -0.2) is 29.8 Å². The molecule has 0 atom stereocenters. The highest BCUT2D eigenvalue weighted by atomic mass is 19.4. The highest BCUT2D eigenvalue weighted by molar-refractivity contribution is 5.48. The van der Waals surface area contributed by atoms with E-state index in [9.17, 15) is 13.2 Å². The molecule has 6 heteroatoms. The zero-order valence-corrected chi connectivity index (χ0v) is 11.7. The van der Waals surface area contributed by atoms with Gasteiger partial charge in [-0.05, 0) is 39.8 Å². The van der Waals surface area contributed by atoms with Gasteiger partial charge in [-0.25, -0.2) is 4.98 Å². The number of hydrogen-bond acceptors (Lipinski definition) is 3. The molecule has 0 aliphatic heterocycles. The van der Waals surface area contributed by atoms with E-state index in [-0.39, 0.29) is 12.1 Å². The number of pyridine rings is 1. The summed E-state index contributed by atoms with van der Waals surface area (Å²) in [6, 6.07) is 5.04. The second-order valence-electron chi connectivity index (χ2n) is 5.39. The van der Waals surface area contributed by atoms with Crippen molar-refractivity contribution < 1.29 is 13.2 Å². The van der Waals surface area contributed by atoms with Crippen LogP contribution in [0.1, 0.15) is 27.7 Å². The van der Waals surface area contributed by atoms with Crippen molar-refractivity contribution in [2.24, 2.45) is 0 Å². The van der Waals surface area contributed by atoms with Gasteiger partial charge < -0.3 is 10.2 Å². The molecule has 1 N–H and O–H groups in total. The summed E-state index contributed by atoms with van der Waals surface area (Å²) < 4.78 is 37.4. The van der Waals surface area contributed by atoms with Gasteiger partial charge in [0.05, 0.1) is 0 Å². The van der Waals surface area contributed by atoms with Gasteiger partial charge in [0, 0.05) is 12.1 Å². The lowest BCUT2D eigenvalue weighted by Crippen LogP contribution is -2.35. The highest BCUT2D eigenvalue weighted by Gasteiger charge is 2.30. The van der Waals surface area contributed by atoms with E-state index in [1.165, 1.54) is 4.90 Å². The number of aromatic nitrogens is 1. The van der Waals surface area contributed by atoms with E-state index < -0.39 is 12.7 Å². The minimum absolute atomic E-state index is 0.188. The smallest absolute Gasteiger partial charge is 0.365 e. The number of nitrogens with zero attached hydrogens (tertiary/aromatic N) is 2. The normalized spacial score (nSPS) is 12.4. The summed E-state index contributed by atoms with van der Waals surface area (Å²) in [5.74, 6) is 0.902. The summed E-state index contributed by atoms with van der Waals surface area (Å²) in [5.41, 5.74) is -0.188. The third-order valence-electron chi connectivity index (χ3n) is 2.31. The molecule has 3 nitrogen and oxygen atoms in total. The van der Waals surface area contributed by atoms with Crippen molar-refractivity contribution in [2.45, 2.75) is 39.4 Å². The number of halogens is 3. The van der Waals surface area contributed by atoms with Crippen LogP contribution in [0.4, 0.5) is 24.8 Å². The lowest BCUT2D eigenvalue weighted by Gasteiger charge is -2.25. The van der Waals surface area contributed by atoms with Crippen molar-refractivity contribution in [1.29, 1.82) is 0 Å². The first-order valence-electron chi connectivity index (χ1n) is 6.17. The number of nitrogens with one attached hydrogen (secondary N) is 1. The molecule has 0 aliphatic carbocycles. The van der Waals surface area contributed by atoms with Gasteiger partial charge in [0.1, 0.15) is 18.2 Å². The maximum Gasteiger partial charge on any atom is 0.405 e. The Morgan fingerprint density at radius 1 is 1.21 bits per heavy atom. The van der Waals surface area contributed by atoms with Crippen LogP contribution in [0, 0.1) is 0 Å². The van der Waals surface area contributed by atoms with Crippen molar-refractivity contribution in [2.75, 3.05) is 23.3 Å². The Hall–Kier alpha value is -1.46. The van der Waals surface area contributed by atoms with Crippen LogP contribution < -0.4 is 10.2 Å². The third kappa shape index (κ3) is 5.81. The minimum atomic E-state index is -4.23. The largest absolute Gasteiger partial charge is 0.405 e. The number of anilines is 2. The number of rotatable bonds is 4. The Morgan fingerprint density at radius 2 is 1.84 bits per heavy atom. The number of hydrogen-bond donors (Lipinski definition) is 1. The van der Waals surface area contributed by atoms with E-state index in [4.69, 9.17) is 0 Å². The standard InChI is InChI=1S/C13H20F3N3/c1-5-19(9-13(14,15)16)11-8-6-7-10(17-11)18-12(2,3)4/h6-8H,5,9H2,1-4H3,(H,17,18). The average Bonchev–Trinajstić information content (AvgIpc) is 2.22. The lowest BCUT2D eigenvalue weighted by molar-refractivity contribution is -0.119. The predicted octanol–water partition coefficient (Wildman–Crippen LogP) is 3.68. The maximum absolute atomic E-state index is 12.5. The van der Waals surface area contributed by atoms with Crippen LogP contribution in [-0.2, 0) is 0 Å². The zero-order valence-electron chi connectivity index (χ0n) is 11.7. The van der Waals surface area contributed by atoms with E-state index in [0.29, 0.717) is 11.6 Å². The van der Waals surface area contributed by atoms with Crippen molar-refractivity contribution in [3.05, 3.63) is 18.2 Å². The van der Waals surface area contributed by atoms with Crippen LogP contribution in [0.15, 0.2) is 18.2 Å². The molecule has 0 saturated heterocycles. The summed E-state index contributed by atoms with van der Waals surface area (Å²) in [4.78, 5) is 5.43. The molecule has 1 heterocycles. The molecular formula is C13H20F3N3. The summed E-state index contributed by atoms with van der Waals surface area (Å²) in [5, 5.41) is 3.14. The van der Waals surface area contributed by atoms with Crippen LogP contribution in [0.3, 0.4) is 0 Å². The predicted molar refractivity (Wildman–Crippen MR) is 71.6 cm³/mol. The number of alkyl halides is 3. The van der Waals surface area contributed by atoms with E-state index in [1.54, 1.807) is 25.1 Å². The Bertz CT molecular complexity index is 410. The van der Waals surface area contributed by atoms with E-state index in [0.717, 1.165) is 0 Å². The fourth-order valence-corrected chi connectivity index (χ4v) is 1.62. The summed E-state index contributed by atoms with van der Waals surface area (Å²) in [7, 11) is 0. The van der Waals surface area contributed by atoms with E-state index in [1.807, 2.05) is 20.8 Å². The second kappa shape index (κ2) is 5.67. The average molecular weight is 275 g/mol. The van der Waals surface area contributed by atoms with Gasteiger partial charge in [0.25, 0.3) is 0 Å². The highest BCUT2D eigenvalue weighted by Crippen LogP contribution is 2.22. The molecule has 0 aliphatic rings. The molecule has 0 radical (unpaired) electrons. The second-order valence-corrected chi connectivity index (χ2v) is 5.39. The van der Waals surface area contributed by atoms with Crippen LogP contribution in [0.5, 0.6) is 0 Å². The van der Waals surface area contributed by atoms with Crippen molar-refractivity contribution in [3.63, 3.8) is 0 Å². The Morgan fingerprint density at radius 3 is 2.32 bits per heavy atom. The van der Waals surface area contributed by atoms with Crippen molar-refractivity contribution in [1.82, 2.24) is 4.98 Å². The molecular weight excluding hydrogens is 255 g/mol. The monoisotopic (exact) mass is 275 g/mol. The quantitative estimate of drug-likeness (QED) is 0.908. The molecule has 0 aromatic carbocycles. The van der Waals surface area contributed by atoms with Crippen molar-refractivity contribution >= 4 is 11.6 Å². The van der Waals surface area contributed by atoms with Crippen LogP contribution >= 0.6 is 0 Å². The van der Waals surface area contributed by atoms with Crippen LogP contribution in [0.25, 0.3) is 0 Å². The minimum Gasteiger partial charge on any atom is -0.365 e. The Balaban J connectivity index is 2.90. The molecule has 0 saturated carbocycles. The van der Waals surface area contributed by atoms with Crippen LogP contribution in [0.2, 0.25) is 0 Å². The molecule has 0 bridgehead atoms. The maximum atomic E-state index is 12.5. The lowest BCUT2D eigenvalue weighted by atomic mass is 10.1. The van der Waals surface area contributed by atoms with Gasteiger partial charge in [0.15, 0.2) is 0 Å². The van der Waals surface area contributed by atoms with Gasteiger partial charge in [-0.2, -0.15) is 13.2 Å². The third-order valence-corrected chi connectivity index (χ3v) is 2.31. The summed E-state index contributed by atoms with van der Waals surface area (Å²) in [6.07, 6.45) is -4.23. The Labute approximate surface area is 111 Å². The molecule has 0 unspecified atom stereocenters. The SMILES string of the molecule is CCN(CC(F)(F)F)c1cccc(NC(C)(C)C)n1. The van der Waals surface area contributed by atoms with Gasteiger partial charge >= 0.3 is 6.18 Å². The first kappa shape index (κ1) is 15.6. The zero-order chi connectivity index (χ0) is 14.7. The van der Waals surface area contributed by atoms with Gasteiger partial charge in [-0.15, -0.1) is 0 Å². The molecule has 0 amide bonds. The molecule has 1 aromatic rings. The van der Waals surface area contributed by atoms with E-state index in [2.05, 4.69) is 10.3 Å². The molecule has 108 valence electrons. The molecule has 1 rings (SSSR count). The fourth-order valence-electron chi connectivity index (χ4n) is 1.62. The summed E-state index contributed by atoms with van der Waals surface area (Å²) in [6.45, 7) is 6.84.